The topological polar surface area (TPSA) is 114 Å². The maximum atomic E-state index is 12.9. The monoisotopic (exact) mass is 481 g/mol. The van der Waals surface area contributed by atoms with E-state index in [4.69, 9.17) is 21.1 Å². The van der Waals surface area contributed by atoms with Crippen LogP contribution in [-0.2, 0) is 10.0 Å². The second-order valence-electron chi connectivity index (χ2n) is 7.12. The number of halogens is 1. The molecule has 2 aromatic rings. The number of methoxy groups -OCH3 is 2. The number of nitrogens with zero attached hydrogens (tertiary/aromatic N) is 1. The number of amides is 2. The van der Waals surface area contributed by atoms with Crippen molar-refractivity contribution in [1.82, 2.24) is 15.2 Å². The van der Waals surface area contributed by atoms with Gasteiger partial charge < -0.3 is 9.47 Å². The van der Waals surface area contributed by atoms with E-state index in [-0.39, 0.29) is 21.0 Å². The van der Waals surface area contributed by atoms with Gasteiger partial charge in [-0.15, -0.1) is 0 Å². The zero-order valence-corrected chi connectivity index (χ0v) is 19.3. The summed E-state index contributed by atoms with van der Waals surface area (Å²) in [5, 5.41) is 0.0531. The van der Waals surface area contributed by atoms with Crippen LogP contribution in [0.15, 0.2) is 41.3 Å². The Morgan fingerprint density at radius 1 is 0.906 bits per heavy atom. The van der Waals surface area contributed by atoms with Crippen LogP contribution in [0.4, 0.5) is 0 Å². The summed E-state index contributed by atoms with van der Waals surface area (Å²) in [5.74, 6) is -0.573. The second-order valence-corrected chi connectivity index (χ2v) is 9.46. The number of piperidine rings is 1. The SMILES string of the molecule is COc1cc(OC)cc(C(=O)NNC(=O)c2cc(S(=O)(=O)N3CCCCC3)ccc2Cl)c1. The summed E-state index contributed by atoms with van der Waals surface area (Å²) in [6.45, 7) is 0.874. The summed E-state index contributed by atoms with van der Waals surface area (Å²) >= 11 is 6.12. The van der Waals surface area contributed by atoms with Crippen LogP contribution in [0.25, 0.3) is 0 Å². The molecule has 1 aliphatic heterocycles. The van der Waals surface area contributed by atoms with E-state index in [1.54, 1.807) is 6.07 Å². The Morgan fingerprint density at radius 3 is 2.09 bits per heavy atom. The number of rotatable bonds is 6. The van der Waals surface area contributed by atoms with E-state index in [1.807, 2.05) is 0 Å². The largest absolute Gasteiger partial charge is 0.497 e. The number of sulfonamides is 1. The van der Waals surface area contributed by atoms with Gasteiger partial charge in [-0.25, -0.2) is 8.42 Å². The minimum absolute atomic E-state index is 0.0298. The van der Waals surface area contributed by atoms with E-state index < -0.39 is 21.8 Å². The van der Waals surface area contributed by atoms with Gasteiger partial charge in [0.1, 0.15) is 11.5 Å². The van der Waals surface area contributed by atoms with Crippen molar-refractivity contribution >= 4 is 33.4 Å². The lowest BCUT2D eigenvalue weighted by atomic mass is 10.2. The van der Waals surface area contributed by atoms with Crippen molar-refractivity contribution in [2.75, 3.05) is 27.3 Å². The first-order valence-electron chi connectivity index (χ1n) is 9.89. The maximum Gasteiger partial charge on any atom is 0.271 e. The van der Waals surface area contributed by atoms with E-state index >= 15 is 0 Å². The van der Waals surface area contributed by atoms with E-state index in [9.17, 15) is 18.0 Å². The molecule has 1 heterocycles. The van der Waals surface area contributed by atoms with Crippen LogP contribution in [0.5, 0.6) is 11.5 Å². The maximum absolute atomic E-state index is 12.9. The van der Waals surface area contributed by atoms with Gasteiger partial charge in [0.2, 0.25) is 10.0 Å². The van der Waals surface area contributed by atoms with Crippen LogP contribution >= 0.6 is 11.6 Å². The standard InChI is InChI=1S/C21H24ClN3O6S/c1-30-15-10-14(11-16(12-15)31-2)20(26)23-24-21(27)18-13-17(6-7-19(18)22)32(28,29)25-8-4-3-5-9-25/h6-7,10-13H,3-5,8-9H2,1-2H3,(H,23,26)(H,24,27). The number of ether oxygens (including phenoxy) is 2. The van der Waals surface area contributed by atoms with Crippen LogP contribution in [-0.4, -0.2) is 51.8 Å². The third kappa shape index (κ3) is 5.32. The third-order valence-electron chi connectivity index (χ3n) is 5.04. The molecule has 0 unspecified atom stereocenters. The van der Waals surface area contributed by atoms with Gasteiger partial charge in [-0.05, 0) is 43.2 Å². The molecule has 2 N–H and O–H groups in total. The summed E-state index contributed by atoms with van der Waals surface area (Å²) in [6, 6.07) is 8.48. The number of benzene rings is 2. The average molecular weight is 482 g/mol. The molecule has 1 saturated heterocycles. The average Bonchev–Trinajstić information content (AvgIpc) is 2.82. The molecule has 1 aliphatic rings. The predicted octanol–water partition coefficient (Wildman–Crippen LogP) is 2.61. The molecule has 32 heavy (non-hydrogen) atoms. The second kappa shape index (κ2) is 10.2. The van der Waals surface area contributed by atoms with Crippen molar-refractivity contribution in [1.29, 1.82) is 0 Å². The van der Waals surface area contributed by atoms with Gasteiger partial charge in [0.15, 0.2) is 0 Å². The highest BCUT2D eigenvalue weighted by Gasteiger charge is 2.27. The Balaban J connectivity index is 1.75. The van der Waals surface area contributed by atoms with Crippen LogP contribution in [0, 0.1) is 0 Å². The normalized spacial score (nSPS) is 14.5. The van der Waals surface area contributed by atoms with Gasteiger partial charge in [0.05, 0.1) is 29.7 Å². The van der Waals surface area contributed by atoms with Gasteiger partial charge in [-0.3, -0.25) is 20.4 Å². The van der Waals surface area contributed by atoms with Crippen LogP contribution in [0.2, 0.25) is 5.02 Å². The Morgan fingerprint density at radius 2 is 1.50 bits per heavy atom. The molecule has 0 aromatic heterocycles. The highest BCUT2D eigenvalue weighted by atomic mass is 35.5. The first-order valence-corrected chi connectivity index (χ1v) is 11.7. The van der Waals surface area contributed by atoms with E-state index in [0.29, 0.717) is 24.6 Å². The smallest absolute Gasteiger partial charge is 0.271 e. The van der Waals surface area contributed by atoms with E-state index in [2.05, 4.69) is 10.9 Å². The first-order chi connectivity index (χ1) is 15.3. The number of hydrogen-bond donors (Lipinski definition) is 2. The fraction of sp³-hybridized carbons (Fsp3) is 0.333. The first kappa shape index (κ1) is 23.8. The summed E-state index contributed by atoms with van der Waals surface area (Å²) in [4.78, 5) is 25.1. The molecule has 0 saturated carbocycles. The Hall–Kier alpha value is -2.82. The quantitative estimate of drug-likeness (QED) is 0.613. The van der Waals surface area contributed by atoms with Crippen LogP contribution in [0.1, 0.15) is 40.0 Å². The molecule has 11 heteroatoms. The Kier molecular flexibility index (Phi) is 7.60. The van der Waals surface area contributed by atoms with Gasteiger partial charge in [-0.1, -0.05) is 18.0 Å². The zero-order valence-electron chi connectivity index (χ0n) is 17.7. The van der Waals surface area contributed by atoms with Crippen molar-refractivity contribution in [3.8, 4) is 11.5 Å². The molecule has 0 radical (unpaired) electrons. The van der Waals surface area contributed by atoms with Crippen LogP contribution in [0.3, 0.4) is 0 Å². The Bertz CT molecular complexity index is 1090. The molecular formula is C21H24ClN3O6S. The van der Waals surface area contributed by atoms with Crippen molar-refractivity contribution in [2.24, 2.45) is 0 Å². The van der Waals surface area contributed by atoms with Crippen molar-refractivity contribution in [3.05, 3.63) is 52.5 Å². The van der Waals surface area contributed by atoms with E-state index in [1.165, 1.54) is 48.9 Å². The van der Waals surface area contributed by atoms with Gasteiger partial charge in [0, 0.05) is 24.7 Å². The minimum Gasteiger partial charge on any atom is -0.497 e. The van der Waals surface area contributed by atoms with Gasteiger partial charge in [-0.2, -0.15) is 4.31 Å². The minimum atomic E-state index is -3.74. The lowest BCUT2D eigenvalue weighted by Gasteiger charge is -2.26. The van der Waals surface area contributed by atoms with E-state index in [0.717, 1.165) is 19.3 Å². The van der Waals surface area contributed by atoms with Crippen molar-refractivity contribution in [2.45, 2.75) is 24.2 Å². The number of nitrogens with one attached hydrogen (secondary N) is 2. The lowest BCUT2D eigenvalue weighted by molar-refractivity contribution is 0.0846. The molecule has 3 rings (SSSR count). The van der Waals surface area contributed by atoms with Crippen molar-refractivity contribution in [3.63, 3.8) is 0 Å². The predicted molar refractivity (Wildman–Crippen MR) is 119 cm³/mol. The summed E-state index contributed by atoms with van der Waals surface area (Å²) in [7, 11) is -0.846. The number of carbonyl (C=O) groups is 2. The number of carbonyl (C=O) groups excluding carboxylic acids is 2. The molecule has 172 valence electrons. The molecule has 9 nitrogen and oxygen atoms in total. The van der Waals surface area contributed by atoms with Crippen molar-refractivity contribution < 1.29 is 27.5 Å². The van der Waals surface area contributed by atoms with Gasteiger partial charge in [0.25, 0.3) is 11.8 Å². The number of hydrazine groups is 1. The molecule has 0 spiro atoms. The molecular weight excluding hydrogens is 458 g/mol. The fourth-order valence-corrected chi connectivity index (χ4v) is 5.03. The summed E-state index contributed by atoms with van der Waals surface area (Å²) in [6.07, 6.45) is 2.57. The summed E-state index contributed by atoms with van der Waals surface area (Å²) in [5.41, 5.74) is 4.65. The van der Waals surface area contributed by atoms with Gasteiger partial charge >= 0.3 is 0 Å². The number of hydrogen-bond acceptors (Lipinski definition) is 6. The molecule has 0 aliphatic carbocycles. The third-order valence-corrected chi connectivity index (χ3v) is 7.26. The lowest BCUT2D eigenvalue weighted by Crippen LogP contribution is -2.42. The summed E-state index contributed by atoms with van der Waals surface area (Å²) < 4.78 is 37.5. The highest BCUT2D eigenvalue weighted by Crippen LogP contribution is 2.25. The van der Waals surface area contributed by atoms with Crippen LogP contribution < -0.4 is 20.3 Å². The molecule has 2 aromatic carbocycles. The molecule has 0 bridgehead atoms. The molecule has 0 atom stereocenters. The molecule has 2 amide bonds. The fourth-order valence-electron chi connectivity index (χ4n) is 3.28. The Labute approximate surface area is 191 Å². The molecule has 1 fully saturated rings. The zero-order chi connectivity index (χ0) is 23.3. The highest BCUT2D eigenvalue weighted by molar-refractivity contribution is 7.89.